The average Bonchev–Trinajstić information content (AvgIpc) is 2.59. The van der Waals surface area contributed by atoms with Crippen molar-refractivity contribution in [2.75, 3.05) is 6.61 Å². The van der Waals surface area contributed by atoms with Crippen LogP contribution in [0, 0.1) is 5.92 Å². The van der Waals surface area contributed by atoms with Crippen molar-refractivity contribution >= 4 is 17.6 Å². The van der Waals surface area contributed by atoms with Crippen molar-refractivity contribution < 1.29 is 14.6 Å². The maximum Gasteiger partial charge on any atom is 0.333 e. The molecule has 1 N–H and O–H groups in total. The molecule has 84 valence electrons. The highest BCUT2D eigenvalue weighted by molar-refractivity contribution is 6.30. The van der Waals surface area contributed by atoms with Crippen LogP contribution in [0.1, 0.15) is 11.7 Å². The molecule has 1 aliphatic rings. The fourth-order valence-corrected chi connectivity index (χ4v) is 1.91. The average molecular weight is 239 g/mol. The summed E-state index contributed by atoms with van der Waals surface area (Å²) < 4.78 is 4.82. The van der Waals surface area contributed by atoms with Crippen LogP contribution >= 0.6 is 11.6 Å². The van der Waals surface area contributed by atoms with Gasteiger partial charge in [-0.3, -0.25) is 0 Å². The van der Waals surface area contributed by atoms with Gasteiger partial charge in [-0.25, -0.2) is 4.79 Å². The second-order valence-corrected chi connectivity index (χ2v) is 4.17. The summed E-state index contributed by atoms with van der Waals surface area (Å²) in [4.78, 5) is 11.1. The zero-order valence-corrected chi connectivity index (χ0v) is 9.28. The lowest BCUT2D eigenvalue weighted by Gasteiger charge is -2.16. The van der Waals surface area contributed by atoms with E-state index in [4.69, 9.17) is 16.3 Å². The van der Waals surface area contributed by atoms with Crippen LogP contribution in [0.3, 0.4) is 0 Å². The Hall–Kier alpha value is -1.32. The van der Waals surface area contributed by atoms with Crippen LogP contribution < -0.4 is 0 Å². The van der Waals surface area contributed by atoms with E-state index in [0.717, 1.165) is 0 Å². The third kappa shape index (κ3) is 1.96. The molecule has 4 heteroatoms. The van der Waals surface area contributed by atoms with Gasteiger partial charge in [0, 0.05) is 10.6 Å². The van der Waals surface area contributed by atoms with Crippen molar-refractivity contribution in [3.63, 3.8) is 0 Å². The molecule has 1 fully saturated rings. The Bertz CT molecular complexity index is 442. The van der Waals surface area contributed by atoms with E-state index in [1.54, 1.807) is 24.3 Å². The monoisotopic (exact) mass is 238 g/mol. The van der Waals surface area contributed by atoms with Gasteiger partial charge >= 0.3 is 5.97 Å². The smallest absolute Gasteiger partial charge is 0.333 e. The van der Waals surface area contributed by atoms with Gasteiger partial charge in [0.25, 0.3) is 0 Å². The summed E-state index contributed by atoms with van der Waals surface area (Å²) >= 11 is 5.83. The van der Waals surface area contributed by atoms with E-state index in [-0.39, 0.29) is 12.5 Å². The molecule has 0 bridgehead atoms. The molecule has 1 aromatic carbocycles. The molecule has 16 heavy (non-hydrogen) atoms. The fraction of sp³-hybridized carbons (Fsp3) is 0.250. The van der Waals surface area contributed by atoms with Crippen molar-refractivity contribution in [2.45, 2.75) is 6.10 Å². The second kappa shape index (κ2) is 4.28. The number of benzene rings is 1. The quantitative estimate of drug-likeness (QED) is 0.634. The van der Waals surface area contributed by atoms with Crippen molar-refractivity contribution in [1.82, 2.24) is 0 Å². The van der Waals surface area contributed by atoms with Crippen molar-refractivity contribution in [3.8, 4) is 0 Å². The number of aliphatic hydroxyl groups is 1. The van der Waals surface area contributed by atoms with E-state index < -0.39 is 12.1 Å². The number of carbonyl (C=O) groups excluding carboxylic acids is 1. The summed E-state index contributed by atoms with van der Waals surface area (Å²) in [5.41, 5.74) is 0.976. The lowest BCUT2D eigenvalue weighted by atomic mass is 9.92. The predicted octanol–water partition coefficient (Wildman–Crippen LogP) is 2.10. The number of halogens is 1. The third-order valence-corrected chi connectivity index (χ3v) is 2.91. The molecule has 2 rings (SSSR count). The van der Waals surface area contributed by atoms with Gasteiger partial charge in [-0.1, -0.05) is 30.3 Å². The summed E-state index contributed by atoms with van der Waals surface area (Å²) in [6.45, 7) is 3.79. The first kappa shape index (κ1) is 11.2. The highest BCUT2D eigenvalue weighted by atomic mass is 35.5. The van der Waals surface area contributed by atoms with E-state index in [9.17, 15) is 9.90 Å². The van der Waals surface area contributed by atoms with Gasteiger partial charge in [0.2, 0.25) is 0 Å². The van der Waals surface area contributed by atoms with Crippen LogP contribution in [0.15, 0.2) is 36.4 Å². The molecule has 2 unspecified atom stereocenters. The van der Waals surface area contributed by atoms with Crippen LogP contribution in [-0.2, 0) is 9.53 Å². The molecule has 1 saturated heterocycles. The molecule has 1 heterocycles. The molecule has 3 nitrogen and oxygen atoms in total. The Balaban J connectivity index is 2.22. The largest absolute Gasteiger partial charge is 0.462 e. The molecule has 1 aliphatic heterocycles. The van der Waals surface area contributed by atoms with Gasteiger partial charge in [-0.05, 0) is 17.7 Å². The van der Waals surface area contributed by atoms with E-state index in [1.165, 1.54) is 0 Å². The summed E-state index contributed by atoms with van der Waals surface area (Å²) in [6.07, 6.45) is -0.808. The van der Waals surface area contributed by atoms with E-state index in [0.29, 0.717) is 16.2 Å². The molecule has 0 amide bonds. The third-order valence-electron chi connectivity index (χ3n) is 2.68. The van der Waals surface area contributed by atoms with E-state index in [1.807, 2.05) is 0 Å². The second-order valence-electron chi connectivity index (χ2n) is 3.73. The zero-order valence-electron chi connectivity index (χ0n) is 8.52. The normalized spacial score (nSPS) is 22.0. The molecule has 0 saturated carbocycles. The van der Waals surface area contributed by atoms with Gasteiger partial charge in [0.1, 0.15) is 6.61 Å². The highest BCUT2D eigenvalue weighted by Crippen LogP contribution is 2.33. The molecule has 0 aliphatic carbocycles. The van der Waals surface area contributed by atoms with Gasteiger partial charge in [0.05, 0.1) is 12.0 Å². The van der Waals surface area contributed by atoms with Crippen LogP contribution in [-0.4, -0.2) is 17.7 Å². The summed E-state index contributed by atoms with van der Waals surface area (Å²) in [6, 6.07) is 6.90. The molecule has 0 spiro atoms. The van der Waals surface area contributed by atoms with Crippen LogP contribution in [0.2, 0.25) is 5.02 Å². The summed E-state index contributed by atoms with van der Waals surface area (Å²) in [5.74, 6) is -0.822. The van der Waals surface area contributed by atoms with Crippen LogP contribution in [0.4, 0.5) is 0 Å². The first-order valence-corrected chi connectivity index (χ1v) is 5.27. The SMILES string of the molecule is C=C1C(=O)OCC1C(O)c1cccc(Cl)c1. The number of hydrogen-bond acceptors (Lipinski definition) is 3. The standard InChI is InChI=1S/C12H11ClO3/c1-7-10(6-16-12(7)15)11(14)8-3-2-4-9(13)5-8/h2-5,10-11,14H,1,6H2. The summed E-state index contributed by atoms with van der Waals surface area (Å²) in [5, 5.41) is 10.6. The highest BCUT2D eigenvalue weighted by Gasteiger charge is 2.34. The lowest BCUT2D eigenvalue weighted by Crippen LogP contribution is -2.14. The minimum Gasteiger partial charge on any atom is -0.462 e. The fourth-order valence-electron chi connectivity index (χ4n) is 1.71. The van der Waals surface area contributed by atoms with Crippen LogP contribution in [0.25, 0.3) is 0 Å². The van der Waals surface area contributed by atoms with Crippen molar-refractivity contribution in [3.05, 3.63) is 47.0 Å². The predicted molar refractivity (Wildman–Crippen MR) is 60.0 cm³/mol. The molecular formula is C12H11ClO3. The Labute approximate surface area is 98.3 Å². The maximum absolute atomic E-state index is 11.1. The molecular weight excluding hydrogens is 228 g/mol. The van der Waals surface area contributed by atoms with Gasteiger partial charge in [0.15, 0.2) is 0 Å². The summed E-state index contributed by atoms with van der Waals surface area (Å²) in [7, 11) is 0. The number of rotatable bonds is 2. The number of hydrogen-bond donors (Lipinski definition) is 1. The number of aliphatic hydroxyl groups excluding tert-OH is 1. The Morgan fingerprint density at radius 1 is 1.56 bits per heavy atom. The minimum absolute atomic E-state index is 0.172. The van der Waals surface area contributed by atoms with Crippen molar-refractivity contribution in [1.29, 1.82) is 0 Å². The van der Waals surface area contributed by atoms with Crippen molar-refractivity contribution in [2.24, 2.45) is 5.92 Å². The molecule has 0 radical (unpaired) electrons. The topological polar surface area (TPSA) is 46.5 Å². The Morgan fingerprint density at radius 3 is 2.88 bits per heavy atom. The first-order chi connectivity index (χ1) is 7.59. The molecule has 1 aromatic rings. The van der Waals surface area contributed by atoms with Gasteiger partial charge in [-0.15, -0.1) is 0 Å². The Morgan fingerprint density at radius 2 is 2.31 bits per heavy atom. The van der Waals surface area contributed by atoms with Gasteiger partial charge < -0.3 is 9.84 Å². The lowest BCUT2D eigenvalue weighted by molar-refractivity contribution is -0.135. The van der Waals surface area contributed by atoms with Gasteiger partial charge in [-0.2, -0.15) is 0 Å². The van der Waals surface area contributed by atoms with E-state index >= 15 is 0 Å². The zero-order chi connectivity index (χ0) is 11.7. The molecule has 0 aromatic heterocycles. The number of carbonyl (C=O) groups is 1. The number of cyclic esters (lactones) is 1. The maximum atomic E-state index is 11.1. The number of esters is 1. The first-order valence-electron chi connectivity index (χ1n) is 4.89. The van der Waals surface area contributed by atoms with E-state index in [2.05, 4.69) is 6.58 Å². The number of ether oxygens (including phenoxy) is 1. The Kier molecular flexibility index (Phi) is 2.99. The minimum atomic E-state index is -0.808. The molecule has 2 atom stereocenters. The van der Waals surface area contributed by atoms with Crippen LogP contribution in [0.5, 0.6) is 0 Å².